The first-order valence-corrected chi connectivity index (χ1v) is 6.75. The van der Waals surface area contributed by atoms with E-state index in [1.54, 1.807) is 0 Å². The molecule has 2 N–H and O–H groups in total. The quantitative estimate of drug-likeness (QED) is 0.855. The first-order valence-electron chi connectivity index (χ1n) is 6.75. The van der Waals surface area contributed by atoms with Crippen LogP contribution >= 0.6 is 0 Å². The van der Waals surface area contributed by atoms with Crippen molar-refractivity contribution in [2.75, 3.05) is 5.73 Å². The van der Waals surface area contributed by atoms with Crippen molar-refractivity contribution in [2.24, 2.45) is 0 Å². The molecule has 2 aromatic rings. The molecule has 4 nitrogen and oxygen atoms in total. The molecule has 1 fully saturated rings. The molecular weight excluding hydrogens is 238 g/mol. The summed E-state index contributed by atoms with van der Waals surface area (Å²) in [7, 11) is 0. The molecule has 4 heteroatoms. The zero-order valence-electron chi connectivity index (χ0n) is 11.4. The number of nitrogen functional groups attached to an aromatic ring is 1. The van der Waals surface area contributed by atoms with Crippen LogP contribution in [0.1, 0.15) is 49.9 Å². The first-order chi connectivity index (χ1) is 9.07. The van der Waals surface area contributed by atoms with E-state index in [1.165, 1.54) is 18.4 Å². The van der Waals surface area contributed by atoms with Gasteiger partial charge in [0, 0.05) is 17.5 Å². The van der Waals surface area contributed by atoms with Crippen LogP contribution in [0.15, 0.2) is 28.8 Å². The molecule has 0 bridgehead atoms. The lowest BCUT2D eigenvalue weighted by Gasteiger charge is -2.09. The number of hydrogen-bond donors (Lipinski definition) is 1. The van der Waals surface area contributed by atoms with Crippen molar-refractivity contribution in [3.05, 3.63) is 41.5 Å². The Bertz CT molecular complexity index is 569. The third-order valence-electron chi connectivity index (χ3n) is 3.99. The van der Waals surface area contributed by atoms with Crippen molar-refractivity contribution < 1.29 is 4.52 Å². The van der Waals surface area contributed by atoms with Crippen molar-refractivity contribution in [1.82, 2.24) is 10.1 Å². The highest BCUT2D eigenvalue weighted by Gasteiger charge is 2.43. The Kier molecular flexibility index (Phi) is 2.81. The molecule has 0 aliphatic heterocycles. The summed E-state index contributed by atoms with van der Waals surface area (Å²) in [5, 5.41) is 4.10. The van der Waals surface area contributed by atoms with E-state index in [2.05, 4.69) is 36.1 Å². The second kappa shape index (κ2) is 4.37. The van der Waals surface area contributed by atoms with Crippen LogP contribution < -0.4 is 5.73 Å². The summed E-state index contributed by atoms with van der Waals surface area (Å²) >= 11 is 0. The third kappa shape index (κ3) is 2.48. The van der Waals surface area contributed by atoms with E-state index in [4.69, 9.17) is 10.3 Å². The number of rotatable bonds is 4. The summed E-state index contributed by atoms with van der Waals surface area (Å²) in [5.41, 5.74) is 7.90. The maximum absolute atomic E-state index is 5.70. The molecule has 1 aliphatic carbocycles. The maximum Gasteiger partial charge on any atom is 0.227 e. The minimum atomic E-state index is 0.173. The minimum absolute atomic E-state index is 0.173. The zero-order chi connectivity index (χ0) is 13.5. The Balaban J connectivity index is 1.70. The Morgan fingerprint density at radius 2 is 2.00 bits per heavy atom. The van der Waals surface area contributed by atoms with Gasteiger partial charge in [-0.1, -0.05) is 31.1 Å². The van der Waals surface area contributed by atoms with Gasteiger partial charge < -0.3 is 10.3 Å². The predicted molar refractivity (Wildman–Crippen MR) is 73.9 cm³/mol. The van der Waals surface area contributed by atoms with Gasteiger partial charge in [-0.2, -0.15) is 4.98 Å². The second-order valence-corrected chi connectivity index (χ2v) is 5.84. The van der Waals surface area contributed by atoms with Gasteiger partial charge in [0.05, 0.1) is 0 Å². The van der Waals surface area contributed by atoms with Gasteiger partial charge in [0.15, 0.2) is 5.82 Å². The van der Waals surface area contributed by atoms with E-state index < -0.39 is 0 Å². The number of hydrogen-bond acceptors (Lipinski definition) is 4. The Morgan fingerprint density at radius 3 is 2.63 bits per heavy atom. The molecule has 100 valence electrons. The standard InChI is InChI=1S/C15H19N3O/c1-10(11-3-5-12(16)6-4-11)9-13-17-14(18-19-13)15(2)7-8-15/h3-6,10H,7-9,16H2,1-2H3. The largest absolute Gasteiger partial charge is 0.399 e. The van der Waals surface area contributed by atoms with Gasteiger partial charge in [-0.3, -0.25) is 0 Å². The average molecular weight is 257 g/mol. The fourth-order valence-electron chi connectivity index (χ4n) is 2.20. The van der Waals surface area contributed by atoms with Crippen LogP contribution in [-0.4, -0.2) is 10.1 Å². The molecule has 0 spiro atoms. The number of nitrogens with two attached hydrogens (primary N) is 1. The van der Waals surface area contributed by atoms with Crippen LogP contribution in [-0.2, 0) is 11.8 Å². The van der Waals surface area contributed by atoms with Crippen molar-refractivity contribution in [3.63, 3.8) is 0 Å². The van der Waals surface area contributed by atoms with Crippen LogP contribution in [0.25, 0.3) is 0 Å². The molecule has 3 rings (SSSR count). The topological polar surface area (TPSA) is 64.9 Å². The van der Waals surface area contributed by atoms with Crippen LogP contribution in [0.4, 0.5) is 5.69 Å². The zero-order valence-corrected chi connectivity index (χ0v) is 11.4. The van der Waals surface area contributed by atoms with Crippen LogP contribution in [0.2, 0.25) is 0 Å². The van der Waals surface area contributed by atoms with Gasteiger partial charge in [-0.25, -0.2) is 0 Å². The molecule has 1 aromatic heterocycles. The normalized spacial score (nSPS) is 18.2. The lowest BCUT2D eigenvalue weighted by molar-refractivity contribution is 0.363. The summed E-state index contributed by atoms with van der Waals surface area (Å²) in [6.45, 7) is 4.35. The fourth-order valence-corrected chi connectivity index (χ4v) is 2.20. The van der Waals surface area contributed by atoms with Gasteiger partial charge in [0.25, 0.3) is 0 Å². The minimum Gasteiger partial charge on any atom is -0.399 e. The van der Waals surface area contributed by atoms with Crippen LogP contribution in [0.5, 0.6) is 0 Å². The van der Waals surface area contributed by atoms with Crippen molar-refractivity contribution in [2.45, 2.75) is 44.4 Å². The van der Waals surface area contributed by atoms with Gasteiger partial charge in [0.1, 0.15) is 0 Å². The van der Waals surface area contributed by atoms with E-state index >= 15 is 0 Å². The lowest BCUT2D eigenvalue weighted by atomic mass is 9.97. The van der Waals surface area contributed by atoms with Gasteiger partial charge >= 0.3 is 0 Å². The molecule has 1 aliphatic rings. The monoisotopic (exact) mass is 257 g/mol. The molecule has 1 saturated carbocycles. The highest BCUT2D eigenvalue weighted by atomic mass is 16.5. The van der Waals surface area contributed by atoms with E-state index in [0.29, 0.717) is 5.92 Å². The Labute approximate surface area is 113 Å². The molecule has 0 saturated heterocycles. The average Bonchev–Trinajstić information content (AvgIpc) is 2.97. The van der Waals surface area contributed by atoms with E-state index in [9.17, 15) is 0 Å². The smallest absolute Gasteiger partial charge is 0.227 e. The molecule has 0 radical (unpaired) electrons. The molecule has 1 atom stereocenters. The Morgan fingerprint density at radius 1 is 1.32 bits per heavy atom. The van der Waals surface area contributed by atoms with E-state index in [0.717, 1.165) is 23.8 Å². The van der Waals surface area contributed by atoms with E-state index in [1.807, 2.05) is 12.1 Å². The number of benzene rings is 1. The number of aromatic nitrogens is 2. The fraction of sp³-hybridized carbons (Fsp3) is 0.467. The predicted octanol–water partition coefficient (Wildman–Crippen LogP) is 3.05. The van der Waals surface area contributed by atoms with Gasteiger partial charge in [-0.05, 0) is 36.5 Å². The summed E-state index contributed by atoms with van der Waals surface area (Å²) < 4.78 is 5.36. The van der Waals surface area contributed by atoms with Crippen LogP contribution in [0.3, 0.4) is 0 Å². The van der Waals surface area contributed by atoms with Crippen molar-refractivity contribution in [3.8, 4) is 0 Å². The van der Waals surface area contributed by atoms with Crippen LogP contribution in [0, 0.1) is 0 Å². The molecule has 0 amide bonds. The highest BCUT2D eigenvalue weighted by Crippen LogP contribution is 2.46. The van der Waals surface area contributed by atoms with Crippen molar-refractivity contribution >= 4 is 5.69 Å². The molecule has 19 heavy (non-hydrogen) atoms. The van der Waals surface area contributed by atoms with Gasteiger partial charge in [-0.15, -0.1) is 0 Å². The maximum atomic E-state index is 5.70. The Hall–Kier alpha value is -1.84. The lowest BCUT2D eigenvalue weighted by Crippen LogP contribution is -2.03. The molecular formula is C15H19N3O. The van der Waals surface area contributed by atoms with Crippen molar-refractivity contribution in [1.29, 1.82) is 0 Å². The molecule has 1 unspecified atom stereocenters. The first kappa shape index (κ1) is 12.2. The summed E-state index contributed by atoms with van der Waals surface area (Å²) in [6.07, 6.45) is 3.10. The molecule has 1 heterocycles. The SMILES string of the molecule is CC(Cc1nc(C2(C)CC2)no1)c1ccc(N)cc1. The highest BCUT2D eigenvalue weighted by molar-refractivity contribution is 5.40. The summed E-state index contributed by atoms with van der Waals surface area (Å²) in [5.74, 6) is 1.94. The number of anilines is 1. The summed E-state index contributed by atoms with van der Waals surface area (Å²) in [4.78, 5) is 4.52. The van der Waals surface area contributed by atoms with E-state index in [-0.39, 0.29) is 5.41 Å². The third-order valence-corrected chi connectivity index (χ3v) is 3.99. The second-order valence-electron chi connectivity index (χ2n) is 5.84. The van der Waals surface area contributed by atoms with Gasteiger partial charge in [0.2, 0.25) is 5.89 Å². The number of nitrogens with zero attached hydrogens (tertiary/aromatic N) is 2. The summed E-state index contributed by atoms with van der Waals surface area (Å²) in [6, 6.07) is 7.96. The molecule has 1 aromatic carbocycles.